The van der Waals surface area contributed by atoms with Gasteiger partial charge in [-0.3, -0.25) is 0 Å². The van der Waals surface area contributed by atoms with Crippen LogP contribution in [0.5, 0.6) is 0 Å². The monoisotopic (exact) mass is 280 g/mol. The highest BCUT2D eigenvalue weighted by Crippen LogP contribution is 2.13. The molecule has 0 radical (unpaired) electrons. The van der Waals surface area contributed by atoms with E-state index in [1.54, 1.807) is 11.6 Å². The van der Waals surface area contributed by atoms with Gasteiger partial charge in [-0.2, -0.15) is 4.31 Å². The molecule has 0 saturated carbocycles. The SMILES string of the molecule is Cl.Cn1cnc(S(=O)(=O)N2CCCNCC2)c1. The Labute approximate surface area is 107 Å². The standard InChI is InChI=1S/C9H16N4O2S.ClH/c1-12-7-9(11-8-12)16(14,15)13-5-2-3-10-4-6-13;/h7-8,10H,2-6H2,1H3;1H. The molecule has 2 heterocycles. The highest BCUT2D eigenvalue weighted by atomic mass is 35.5. The number of hydrogen-bond donors (Lipinski definition) is 1. The molecule has 1 aliphatic heterocycles. The number of aryl methyl sites for hydroxylation is 1. The Morgan fingerprint density at radius 2 is 2.12 bits per heavy atom. The summed E-state index contributed by atoms with van der Waals surface area (Å²) in [7, 11) is -1.64. The molecule has 1 N–H and O–H groups in total. The maximum Gasteiger partial charge on any atom is 0.262 e. The topological polar surface area (TPSA) is 67.2 Å². The van der Waals surface area contributed by atoms with Crippen LogP contribution in [0.25, 0.3) is 0 Å². The summed E-state index contributed by atoms with van der Waals surface area (Å²) < 4.78 is 27.5. The molecule has 98 valence electrons. The van der Waals surface area contributed by atoms with E-state index in [0.717, 1.165) is 13.0 Å². The molecule has 0 bridgehead atoms. The predicted molar refractivity (Wildman–Crippen MR) is 66.7 cm³/mol. The first-order valence-electron chi connectivity index (χ1n) is 5.29. The van der Waals surface area contributed by atoms with E-state index in [9.17, 15) is 8.42 Å². The third-order valence-corrected chi connectivity index (χ3v) is 4.37. The fourth-order valence-corrected chi connectivity index (χ4v) is 3.16. The summed E-state index contributed by atoms with van der Waals surface area (Å²) in [5, 5.41) is 3.31. The molecule has 1 aromatic heterocycles. The normalized spacial score (nSPS) is 18.4. The lowest BCUT2D eigenvalue weighted by atomic mass is 10.4. The average molecular weight is 281 g/mol. The Kier molecular flexibility index (Phi) is 4.93. The van der Waals surface area contributed by atoms with E-state index in [2.05, 4.69) is 10.3 Å². The number of aromatic nitrogens is 2. The van der Waals surface area contributed by atoms with Crippen molar-refractivity contribution in [2.45, 2.75) is 11.4 Å². The van der Waals surface area contributed by atoms with Crippen LogP contribution < -0.4 is 5.32 Å². The molecule has 17 heavy (non-hydrogen) atoms. The van der Waals surface area contributed by atoms with Gasteiger partial charge in [-0.15, -0.1) is 12.4 Å². The van der Waals surface area contributed by atoms with E-state index in [1.165, 1.54) is 16.8 Å². The van der Waals surface area contributed by atoms with Crippen molar-refractivity contribution in [2.75, 3.05) is 26.2 Å². The molecule has 0 atom stereocenters. The lowest BCUT2D eigenvalue weighted by Crippen LogP contribution is -2.34. The second-order valence-electron chi connectivity index (χ2n) is 3.89. The largest absolute Gasteiger partial charge is 0.339 e. The summed E-state index contributed by atoms with van der Waals surface area (Å²) in [4.78, 5) is 3.91. The zero-order chi connectivity index (χ0) is 11.6. The second kappa shape index (κ2) is 5.81. The Balaban J connectivity index is 0.00000144. The van der Waals surface area contributed by atoms with Gasteiger partial charge in [-0.05, 0) is 13.0 Å². The van der Waals surface area contributed by atoms with Gasteiger partial charge in [0.2, 0.25) is 0 Å². The number of rotatable bonds is 2. The zero-order valence-corrected chi connectivity index (χ0v) is 11.3. The molecular weight excluding hydrogens is 264 g/mol. The van der Waals surface area contributed by atoms with Gasteiger partial charge in [0.25, 0.3) is 10.0 Å². The second-order valence-corrected chi connectivity index (χ2v) is 5.77. The first-order chi connectivity index (χ1) is 7.60. The average Bonchev–Trinajstić information content (AvgIpc) is 2.54. The van der Waals surface area contributed by atoms with Gasteiger partial charge < -0.3 is 9.88 Å². The van der Waals surface area contributed by atoms with E-state index < -0.39 is 10.0 Å². The van der Waals surface area contributed by atoms with E-state index in [4.69, 9.17) is 0 Å². The van der Waals surface area contributed by atoms with Crippen molar-refractivity contribution in [1.29, 1.82) is 0 Å². The Morgan fingerprint density at radius 3 is 2.76 bits per heavy atom. The van der Waals surface area contributed by atoms with Crippen molar-refractivity contribution in [3.8, 4) is 0 Å². The van der Waals surface area contributed by atoms with Gasteiger partial charge >= 0.3 is 0 Å². The van der Waals surface area contributed by atoms with Crippen LogP contribution in [0.1, 0.15) is 6.42 Å². The third kappa shape index (κ3) is 3.19. The van der Waals surface area contributed by atoms with Crippen molar-refractivity contribution in [2.24, 2.45) is 7.05 Å². The number of hydrogen-bond acceptors (Lipinski definition) is 4. The van der Waals surface area contributed by atoms with Crippen LogP contribution in [0.15, 0.2) is 17.6 Å². The minimum atomic E-state index is -3.40. The van der Waals surface area contributed by atoms with Crippen LogP contribution >= 0.6 is 12.4 Å². The summed E-state index contributed by atoms with van der Waals surface area (Å²) in [5.74, 6) is 0. The van der Waals surface area contributed by atoms with E-state index >= 15 is 0 Å². The molecule has 1 fully saturated rings. The van der Waals surface area contributed by atoms with Gasteiger partial charge in [-0.1, -0.05) is 0 Å². The van der Waals surface area contributed by atoms with Crippen molar-refractivity contribution < 1.29 is 8.42 Å². The number of nitrogens with one attached hydrogen (secondary N) is 1. The quantitative estimate of drug-likeness (QED) is 0.817. The van der Waals surface area contributed by atoms with E-state index in [1.807, 2.05) is 0 Å². The minimum Gasteiger partial charge on any atom is -0.339 e. The molecule has 0 amide bonds. The molecule has 1 aromatic rings. The highest BCUT2D eigenvalue weighted by molar-refractivity contribution is 7.89. The van der Waals surface area contributed by atoms with E-state index in [-0.39, 0.29) is 17.4 Å². The fraction of sp³-hybridized carbons (Fsp3) is 0.667. The molecule has 0 spiro atoms. The summed E-state index contributed by atoms with van der Waals surface area (Å²) in [6.45, 7) is 2.64. The van der Waals surface area contributed by atoms with Gasteiger partial charge in [0.1, 0.15) is 0 Å². The van der Waals surface area contributed by atoms with Crippen molar-refractivity contribution in [1.82, 2.24) is 19.2 Å². The predicted octanol–water partition coefficient (Wildman–Crippen LogP) is -0.174. The molecule has 0 aliphatic carbocycles. The zero-order valence-electron chi connectivity index (χ0n) is 9.66. The highest BCUT2D eigenvalue weighted by Gasteiger charge is 2.26. The van der Waals surface area contributed by atoms with Crippen LogP contribution in [-0.2, 0) is 17.1 Å². The molecule has 1 saturated heterocycles. The Morgan fingerprint density at radius 1 is 1.35 bits per heavy atom. The van der Waals surface area contributed by atoms with Gasteiger partial charge in [0, 0.05) is 32.9 Å². The van der Waals surface area contributed by atoms with Gasteiger partial charge in [0.05, 0.1) is 6.33 Å². The molecular formula is C9H17ClN4O2S. The van der Waals surface area contributed by atoms with Crippen molar-refractivity contribution in [3.63, 3.8) is 0 Å². The van der Waals surface area contributed by atoms with Gasteiger partial charge in [0.15, 0.2) is 5.03 Å². The van der Waals surface area contributed by atoms with Crippen LogP contribution in [0.3, 0.4) is 0 Å². The first-order valence-corrected chi connectivity index (χ1v) is 6.73. The molecule has 1 aliphatic rings. The summed E-state index contributed by atoms with van der Waals surface area (Å²) >= 11 is 0. The summed E-state index contributed by atoms with van der Waals surface area (Å²) in [5.41, 5.74) is 0. The lowest BCUT2D eigenvalue weighted by Gasteiger charge is -2.17. The Bertz CT molecular complexity index is 451. The minimum absolute atomic E-state index is 0. The fourth-order valence-electron chi connectivity index (χ4n) is 1.72. The van der Waals surface area contributed by atoms with Crippen LogP contribution in [0.4, 0.5) is 0 Å². The molecule has 0 aromatic carbocycles. The first kappa shape index (κ1) is 14.4. The Hall–Kier alpha value is -0.630. The maximum atomic E-state index is 12.2. The molecule has 2 rings (SSSR count). The number of sulfonamides is 1. The third-order valence-electron chi connectivity index (χ3n) is 2.58. The maximum absolute atomic E-state index is 12.2. The number of halogens is 1. The van der Waals surface area contributed by atoms with Gasteiger partial charge in [-0.25, -0.2) is 13.4 Å². The molecule has 6 nitrogen and oxygen atoms in total. The summed E-state index contributed by atoms with van der Waals surface area (Å²) in [6.07, 6.45) is 3.88. The molecule has 8 heteroatoms. The van der Waals surface area contributed by atoms with Crippen molar-refractivity contribution in [3.05, 3.63) is 12.5 Å². The summed E-state index contributed by atoms with van der Waals surface area (Å²) in [6, 6.07) is 0. The van der Waals surface area contributed by atoms with Crippen LogP contribution in [-0.4, -0.2) is 48.5 Å². The number of nitrogens with zero attached hydrogens (tertiary/aromatic N) is 3. The lowest BCUT2D eigenvalue weighted by molar-refractivity contribution is 0.430. The van der Waals surface area contributed by atoms with E-state index in [0.29, 0.717) is 19.6 Å². The molecule has 0 unspecified atom stereocenters. The smallest absolute Gasteiger partial charge is 0.262 e. The van der Waals surface area contributed by atoms with Crippen molar-refractivity contribution >= 4 is 22.4 Å². The van der Waals surface area contributed by atoms with Crippen LogP contribution in [0, 0.1) is 0 Å². The number of imidazole rings is 1. The van der Waals surface area contributed by atoms with Crippen LogP contribution in [0.2, 0.25) is 0 Å².